The number of aromatic nitrogens is 3. The van der Waals surface area contributed by atoms with Crippen LogP contribution >= 0.6 is 0 Å². The molecule has 1 fully saturated rings. The molecule has 0 amide bonds. The van der Waals surface area contributed by atoms with E-state index in [2.05, 4.69) is 16.9 Å². The summed E-state index contributed by atoms with van der Waals surface area (Å²) < 4.78 is 1.86. The zero-order chi connectivity index (χ0) is 14.4. The van der Waals surface area contributed by atoms with Crippen molar-refractivity contribution in [1.82, 2.24) is 19.5 Å². The van der Waals surface area contributed by atoms with Gasteiger partial charge in [-0.25, -0.2) is 4.52 Å². The second kappa shape index (κ2) is 4.70. The summed E-state index contributed by atoms with van der Waals surface area (Å²) >= 11 is 0. The van der Waals surface area contributed by atoms with Gasteiger partial charge in [0.15, 0.2) is 0 Å². The number of benzene rings is 1. The van der Waals surface area contributed by atoms with Crippen LogP contribution in [-0.2, 0) is 0 Å². The Balaban J connectivity index is 1.90. The Morgan fingerprint density at radius 2 is 2.19 bits per heavy atom. The van der Waals surface area contributed by atoms with Gasteiger partial charge in [-0.2, -0.15) is 5.10 Å². The molecule has 1 unspecified atom stereocenters. The van der Waals surface area contributed by atoms with Gasteiger partial charge in [0.05, 0.1) is 16.6 Å². The third kappa shape index (κ3) is 2.05. The first-order valence-electron chi connectivity index (χ1n) is 7.41. The minimum Gasteiger partial charge on any atom is -0.306 e. The van der Waals surface area contributed by atoms with E-state index in [0.29, 0.717) is 11.3 Å². The number of para-hydroxylation sites is 1. The predicted molar refractivity (Wildman–Crippen MR) is 82.8 cm³/mol. The Kier molecular flexibility index (Phi) is 2.82. The lowest BCUT2D eigenvalue weighted by Gasteiger charge is -2.28. The minimum atomic E-state index is -0.0506. The van der Waals surface area contributed by atoms with Gasteiger partial charge in [0.25, 0.3) is 5.56 Å². The summed E-state index contributed by atoms with van der Waals surface area (Å²) in [4.78, 5) is 17.4. The average Bonchev–Trinajstić information content (AvgIpc) is 2.92. The highest BCUT2D eigenvalue weighted by atomic mass is 16.1. The molecule has 1 aromatic carbocycles. The fourth-order valence-electron chi connectivity index (χ4n) is 3.31. The molecule has 1 saturated heterocycles. The van der Waals surface area contributed by atoms with Crippen molar-refractivity contribution in [2.24, 2.45) is 0 Å². The summed E-state index contributed by atoms with van der Waals surface area (Å²) in [5, 5.41) is 5.44. The number of hydrogen-bond donors (Lipinski definition) is 1. The van der Waals surface area contributed by atoms with Crippen LogP contribution in [0.25, 0.3) is 16.6 Å². The number of nitrogens with one attached hydrogen (secondary N) is 1. The van der Waals surface area contributed by atoms with Crippen LogP contribution in [-0.4, -0.2) is 39.6 Å². The number of hydrogen-bond acceptors (Lipinski definition) is 3. The number of likely N-dealkylation sites (N-methyl/N-ethyl adjacent to an activating group) is 1. The SMILES string of the molecule is CN1CCCC(c2cc3[nH]c(=O)c4ccccc4n3n2)C1. The van der Waals surface area contributed by atoms with Crippen LogP contribution < -0.4 is 5.56 Å². The fraction of sp³-hybridized carbons (Fsp3) is 0.375. The largest absolute Gasteiger partial charge is 0.306 e. The van der Waals surface area contributed by atoms with Crippen molar-refractivity contribution in [3.05, 3.63) is 46.4 Å². The Bertz CT molecular complexity index is 863. The number of H-pyrrole nitrogens is 1. The maximum Gasteiger partial charge on any atom is 0.259 e. The highest BCUT2D eigenvalue weighted by Gasteiger charge is 2.22. The molecule has 0 radical (unpaired) electrons. The Morgan fingerprint density at radius 3 is 3.05 bits per heavy atom. The van der Waals surface area contributed by atoms with E-state index >= 15 is 0 Å². The summed E-state index contributed by atoms with van der Waals surface area (Å²) in [6, 6.07) is 9.63. The molecule has 2 aromatic heterocycles. The molecule has 1 aliphatic heterocycles. The number of likely N-dealkylation sites (tertiary alicyclic amines) is 1. The summed E-state index contributed by atoms with van der Waals surface area (Å²) in [5.41, 5.74) is 2.67. The molecule has 108 valence electrons. The van der Waals surface area contributed by atoms with Crippen LogP contribution in [0.4, 0.5) is 0 Å². The van der Waals surface area contributed by atoms with Gasteiger partial charge >= 0.3 is 0 Å². The second-order valence-corrected chi connectivity index (χ2v) is 5.94. The van der Waals surface area contributed by atoms with Gasteiger partial charge in [0.2, 0.25) is 0 Å². The molecular formula is C16H18N4O. The predicted octanol–water partition coefficient (Wildman–Crippen LogP) is 1.98. The Morgan fingerprint density at radius 1 is 1.33 bits per heavy atom. The standard InChI is InChI=1S/C16H18N4O/c1-19-8-4-5-11(10-19)13-9-15-17-16(21)12-6-2-3-7-14(12)20(15)18-13/h2-3,6-7,9,11H,4-5,8,10H2,1H3,(H,17,21). The molecule has 5 heteroatoms. The normalized spacial score (nSPS) is 20.3. The summed E-state index contributed by atoms with van der Waals surface area (Å²) in [5.74, 6) is 0.450. The van der Waals surface area contributed by atoms with Crippen molar-refractivity contribution in [2.75, 3.05) is 20.1 Å². The van der Waals surface area contributed by atoms with Gasteiger partial charge in [-0.3, -0.25) is 4.79 Å². The zero-order valence-electron chi connectivity index (χ0n) is 12.0. The quantitative estimate of drug-likeness (QED) is 0.742. The number of nitrogens with zero attached hydrogens (tertiary/aromatic N) is 3. The fourth-order valence-corrected chi connectivity index (χ4v) is 3.31. The summed E-state index contributed by atoms with van der Waals surface area (Å²) in [6.07, 6.45) is 2.36. The number of aromatic amines is 1. The summed E-state index contributed by atoms with van der Waals surface area (Å²) in [7, 11) is 2.15. The van der Waals surface area contributed by atoms with Crippen molar-refractivity contribution in [3.8, 4) is 0 Å². The Hall–Kier alpha value is -2.14. The third-order valence-corrected chi connectivity index (χ3v) is 4.39. The monoisotopic (exact) mass is 282 g/mol. The van der Waals surface area contributed by atoms with Gasteiger partial charge < -0.3 is 9.88 Å². The number of piperidine rings is 1. The molecule has 3 heterocycles. The highest BCUT2D eigenvalue weighted by molar-refractivity contribution is 5.80. The van der Waals surface area contributed by atoms with Crippen LogP contribution in [0.2, 0.25) is 0 Å². The molecule has 0 spiro atoms. The topological polar surface area (TPSA) is 53.4 Å². The van der Waals surface area contributed by atoms with Gasteiger partial charge in [-0.05, 0) is 38.6 Å². The Labute approximate surface area is 122 Å². The second-order valence-electron chi connectivity index (χ2n) is 5.94. The van der Waals surface area contributed by atoms with Crippen molar-refractivity contribution in [2.45, 2.75) is 18.8 Å². The van der Waals surface area contributed by atoms with E-state index in [4.69, 9.17) is 5.10 Å². The lowest BCUT2D eigenvalue weighted by molar-refractivity contribution is 0.248. The van der Waals surface area contributed by atoms with Gasteiger partial charge in [0.1, 0.15) is 5.65 Å². The molecule has 0 aliphatic carbocycles. The molecule has 1 N–H and O–H groups in total. The van der Waals surface area contributed by atoms with Gasteiger partial charge in [0, 0.05) is 18.5 Å². The molecule has 4 rings (SSSR count). The van der Waals surface area contributed by atoms with Crippen LogP contribution in [0.3, 0.4) is 0 Å². The van der Waals surface area contributed by atoms with E-state index in [1.165, 1.54) is 6.42 Å². The van der Waals surface area contributed by atoms with Crippen LogP contribution in [0.5, 0.6) is 0 Å². The van der Waals surface area contributed by atoms with Gasteiger partial charge in [-0.15, -0.1) is 0 Å². The van der Waals surface area contributed by atoms with E-state index in [0.717, 1.165) is 36.4 Å². The van der Waals surface area contributed by atoms with E-state index < -0.39 is 0 Å². The van der Waals surface area contributed by atoms with Gasteiger partial charge in [-0.1, -0.05) is 12.1 Å². The first-order valence-corrected chi connectivity index (χ1v) is 7.41. The molecule has 3 aromatic rings. The van der Waals surface area contributed by atoms with Crippen LogP contribution in [0, 0.1) is 0 Å². The molecule has 21 heavy (non-hydrogen) atoms. The van der Waals surface area contributed by atoms with E-state index in [1.807, 2.05) is 34.8 Å². The molecule has 0 saturated carbocycles. The van der Waals surface area contributed by atoms with Crippen molar-refractivity contribution < 1.29 is 0 Å². The molecule has 1 atom stereocenters. The zero-order valence-corrected chi connectivity index (χ0v) is 12.0. The first kappa shape index (κ1) is 12.6. The van der Waals surface area contributed by atoms with E-state index in [1.54, 1.807) is 0 Å². The summed E-state index contributed by atoms with van der Waals surface area (Å²) in [6.45, 7) is 2.19. The lowest BCUT2D eigenvalue weighted by Crippen LogP contribution is -2.30. The highest BCUT2D eigenvalue weighted by Crippen LogP contribution is 2.26. The molecule has 5 nitrogen and oxygen atoms in total. The molecule has 0 bridgehead atoms. The van der Waals surface area contributed by atoms with E-state index in [-0.39, 0.29) is 5.56 Å². The van der Waals surface area contributed by atoms with Crippen LogP contribution in [0.1, 0.15) is 24.5 Å². The third-order valence-electron chi connectivity index (χ3n) is 4.39. The number of rotatable bonds is 1. The molecule has 1 aliphatic rings. The first-order chi connectivity index (χ1) is 10.2. The lowest BCUT2D eigenvalue weighted by atomic mass is 9.95. The molecular weight excluding hydrogens is 264 g/mol. The number of fused-ring (bicyclic) bond motifs is 3. The van der Waals surface area contributed by atoms with Crippen molar-refractivity contribution >= 4 is 16.6 Å². The maximum absolute atomic E-state index is 12.1. The van der Waals surface area contributed by atoms with Crippen molar-refractivity contribution in [1.29, 1.82) is 0 Å². The maximum atomic E-state index is 12.1. The van der Waals surface area contributed by atoms with Crippen LogP contribution in [0.15, 0.2) is 35.1 Å². The minimum absolute atomic E-state index is 0.0506. The van der Waals surface area contributed by atoms with E-state index in [9.17, 15) is 4.79 Å². The van der Waals surface area contributed by atoms with Crippen molar-refractivity contribution in [3.63, 3.8) is 0 Å². The average molecular weight is 282 g/mol. The smallest absolute Gasteiger partial charge is 0.259 e.